The van der Waals surface area contributed by atoms with Crippen molar-refractivity contribution >= 4 is 27.5 Å². The molecule has 8 heteroatoms. The number of rotatable bonds is 6. The van der Waals surface area contributed by atoms with Crippen LogP contribution in [-0.2, 0) is 14.6 Å². The third-order valence-electron chi connectivity index (χ3n) is 3.14. The standard InChI is InChI=1S/C13H19N3O3S2/c1-10(2)9-21(18,19)11-6-16(7-11)12(17)8-20-13-14-4-3-5-15-13/h3-5,10-11H,6-9H2,1-2H3. The molecule has 2 heterocycles. The van der Waals surface area contributed by atoms with Gasteiger partial charge in [-0.2, -0.15) is 0 Å². The van der Waals surface area contributed by atoms with Crippen molar-refractivity contribution in [3.63, 3.8) is 0 Å². The Balaban J connectivity index is 1.78. The van der Waals surface area contributed by atoms with Gasteiger partial charge in [-0.1, -0.05) is 25.6 Å². The highest BCUT2D eigenvalue weighted by atomic mass is 32.2. The lowest BCUT2D eigenvalue weighted by Crippen LogP contribution is -2.58. The minimum Gasteiger partial charge on any atom is -0.339 e. The summed E-state index contributed by atoms with van der Waals surface area (Å²) in [5.74, 6) is 0.474. The van der Waals surface area contributed by atoms with Crippen molar-refractivity contribution in [1.29, 1.82) is 0 Å². The van der Waals surface area contributed by atoms with Crippen LogP contribution in [0.2, 0.25) is 0 Å². The molecule has 116 valence electrons. The van der Waals surface area contributed by atoms with E-state index in [2.05, 4.69) is 9.97 Å². The van der Waals surface area contributed by atoms with Crippen LogP contribution >= 0.6 is 11.8 Å². The first-order chi connectivity index (χ1) is 9.88. The normalized spacial score (nSPS) is 16.0. The van der Waals surface area contributed by atoms with Gasteiger partial charge in [0.15, 0.2) is 15.0 Å². The van der Waals surface area contributed by atoms with E-state index >= 15 is 0 Å². The van der Waals surface area contributed by atoms with E-state index in [1.165, 1.54) is 11.8 Å². The Hall–Kier alpha value is -1.15. The molecule has 6 nitrogen and oxygen atoms in total. The lowest BCUT2D eigenvalue weighted by Gasteiger charge is -2.38. The monoisotopic (exact) mass is 329 g/mol. The molecule has 1 fully saturated rings. The molecule has 0 atom stereocenters. The van der Waals surface area contributed by atoms with Gasteiger partial charge in [0, 0.05) is 25.5 Å². The topological polar surface area (TPSA) is 80.2 Å². The number of sulfone groups is 1. The SMILES string of the molecule is CC(C)CS(=O)(=O)C1CN(C(=O)CSc2ncccn2)C1. The molecule has 0 aromatic carbocycles. The van der Waals surface area contributed by atoms with Crippen molar-refractivity contribution in [3.05, 3.63) is 18.5 Å². The summed E-state index contributed by atoms with van der Waals surface area (Å²) in [6, 6.07) is 1.71. The van der Waals surface area contributed by atoms with Gasteiger partial charge in [0.25, 0.3) is 0 Å². The van der Waals surface area contributed by atoms with E-state index in [0.717, 1.165) is 0 Å². The van der Waals surface area contributed by atoms with Gasteiger partial charge in [-0.3, -0.25) is 4.79 Å². The molecule has 1 aromatic rings. The second-order valence-electron chi connectivity index (χ2n) is 5.46. The van der Waals surface area contributed by atoms with Crippen molar-refractivity contribution in [2.24, 2.45) is 5.92 Å². The first kappa shape index (κ1) is 16.2. The van der Waals surface area contributed by atoms with E-state index in [1.807, 2.05) is 13.8 Å². The van der Waals surface area contributed by atoms with Gasteiger partial charge in [-0.05, 0) is 12.0 Å². The van der Waals surface area contributed by atoms with Gasteiger partial charge in [-0.25, -0.2) is 18.4 Å². The number of carbonyl (C=O) groups is 1. The molecular weight excluding hydrogens is 310 g/mol. The van der Waals surface area contributed by atoms with E-state index in [0.29, 0.717) is 18.2 Å². The average Bonchev–Trinajstić information content (AvgIpc) is 2.33. The molecule has 0 spiro atoms. The fraction of sp³-hybridized carbons (Fsp3) is 0.615. The first-order valence-corrected chi connectivity index (χ1v) is 9.47. The van der Waals surface area contributed by atoms with Crippen molar-refractivity contribution in [2.45, 2.75) is 24.3 Å². The molecule has 1 amide bonds. The number of thioether (sulfide) groups is 1. The maximum Gasteiger partial charge on any atom is 0.233 e. The fourth-order valence-electron chi connectivity index (χ4n) is 2.05. The maximum atomic E-state index is 12.0. The minimum absolute atomic E-state index is 0.0662. The summed E-state index contributed by atoms with van der Waals surface area (Å²) >= 11 is 1.26. The van der Waals surface area contributed by atoms with Crippen molar-refractivity contribution < 1.29 is 13.2 Å². The number of hydrogen-bond donors (Lipinski definition) is 0. The Morgan fingerprint density at radius 1 is 1.38 bits per heavy atom. The van der Waals surface area contributed by atoms with E-state index in [4.69, 9.17) is 0 Å². The summed E-state index contributed by atoms with van der Waals surface area (Å²) in [4.78, 5) is 21.6. The molecule has 21 heavy (non-hydrogen) atoms. The number of amides is 1. The van der Waals surface area contributed by atoms with Gasteiger partial charge in [0.2, 0.25) is 5.91 Å². The number of nitrogens with zero attached hydrogens (tertiary/aromatic N) is 3. The quantitative estimate of drug-likeness (QED) is 0.568. The molecule has 2 rings (SSSR count). The van der Waals surface area contributed by atoms with Crippen molar-refractivity contribution in [1.82, 2.24) is 14.9 Å². The van der Waals surface area contributed by atoms with E-state index in [1.54, 1.807) is 23.4 Å². The van der Waals surface area contributed by atoms with Crippen LogP contribution in [0.5, 0.6) is 0 Å². The fourth-order valence-corrected chi connectivity index (χ4v) is 4.77. The molecule has 1 saturated heterocycles. The van der Waals surface area contributed by atoms with E-state index in [-0.39, 0.29) is 23.3 Å². The van der Waals surface area contributed by atoms with Crippen LogP contribution in [0.25, 0.3) is 0 Å². The minimum atomic E-state index is -3.08. The molecular formula is C13H19N3O3S2. The third-order valence-corrected chi connectivity index (χ3v) is 6.45. The predicted molar refractivity (Wildman–Crippen MR) is 81.7 cm³/mol. The molecule has 1 aromatic heterocycles. The third kappa shape index (κ3) is 4.41. The Bertz CT molecular complexity index is 584. The van der Waals surface area contributed by atoms with Crippen LogP contribution in [0.3, 0.4) is 0 Å². The molecule has 0 N–H and O–H groups in total. The smallest absolute Gasteiger partial charge is 0.233 e. The molecule has 0 unspecified atom stereocenters. The summed E-state index contributed by atoms with van der Waals surface area (Å²) < 4.78 is 24.0. The molecule has 1 aliphatic heterocycles. The maximum absolute atomic E-state index is 12.0. The summed E-state index contributed by atoms with van der Waals surface area (Å²) in [6.07, 6.45) is 3.25. The van der Waals surface area contributed by atoms with Crippen LogP contribution < -0.4 is 0 Å². The molecule has 0 saturated carbocycles. The highest BCUT2D eigenvalue weighted by Crippen LogP contribution is 2.21. The van der Waals surface area contributed by atoms with Crippen LogP contribution in [0.15, 0.2) is 23.6 Å². The van der Waals surface area contributed by atoms with E-state index in [9.17, 15) is 13.2 Å². The average molecular weight is 329 g/mol. The number of carbonyl (C=O) groups excluding carboxylic acids is 1. The van der Waals surface area contributed by atoms with Crippen LogP contribution in [0.1, 0.15) is 13.8 Å². The van der Waals surface area contributed by atoms with Gasteiger partial charge in [0.05, 0.1) is 16.8 Å². The zero-order valence-electron chi connectivity index (χ0n) is 12.1. The summed E-state index contributed by atoms with van der Waals surface area (Å²) in [7, 11) is -3.08. The predicted octanol–water partition coefficient (Wildman–Crippen LogP) is 0.850. The highest BCUT2D eigenvalue weighted by Gasteiger charge is 2.39. The Labute approximate surface area is 129 Å². The van der Waals surface area contributed by atoms with Crippen molar-refractivity contribution in [3.8, 4) is 0 Å². The van der Waals surface area contributed by atoms with Crippen molar-refractivity contribution in [2.75, 3.05) is 24.6 Å². The highest BCUT2D eigenvalue weighted by molar-refractivity contribution is 7.99. The second kappa shape index (κ2) is 6.74. The summed E-state index contributed by atoms with van der Waals surface area (Å²) in [6.45, 7) is 4.39. The van der Waals surface area contributed by atoms with Crippen LogP contribution in [0.4, 0.5) is 0 Å². The molecule has 0 aliphatic carbocycles. The Morgan fingerprint density at radius 2 is 2.00 bits per heavy atom. The first-order valence-electron chi connectivity index (χ1n) is 6.77. The Kier molecular flexibility index (Phi) is 5.21. The Morgan fingerprint density at radius 3 is 2.57 bits per heavy atom. The lowest BCUT2D eigenvalue weighted by atomic mass is 10.2. The number of aromatic nitrogens is 2. The number of likely N-dealkylation sites (tertiary alicyclic amines) is 1. The summed E-state index contributed by atoms with van der Waals surface area (Å²) in [5.41, 5.74) is 0. The van der Waals surface area contributed by atoms with Crippen LogP contribution in [-0.4, -0.2) is 59.0 Å². The lowest BCUT2D eigenvalue weighted by molar-refractivity contribution is -0.131. The van der Waals surface area contributed by atoms with E-state index < -0.39 is 15.1 Å². The van der Waals surface area contributed by atoms with Gasteiger partial charge in [0.1, 0.15) is 0 Å². The summed E-state index contributed by atoms with van der Waals surface area (Å²) in [5, 5.41) is 0.150. The number of hydrogen-bond acceptors (Lipinski definition) is 6. The molecule has 0 radical (unpaired) electrons. The second-order valence-corrected chi connectivity index (χ2v) is 8.73. The van der Waals surface area contributed by atoms with Gasteiger partial charge in [-0.15, -0.1) is 0 Å². The van der Waals surface area contributed by atoms with Gasteiger partial charge < -0.3 is 4.90 Å². The molecule has 1 aliphatic rings. The zero-order valence-corrected chi connectivity index (χ0v) is 13.7. The largest absolute Gasteiger partial charge is 0.339 e. The zero-order chi connectivity index (χ0) is 15.5. The van der Waals surface area contributed by atoms with Gasteiger partial charge >= 0.3 is 0 Å². The molecule has 0 bridgehead atoms. The van der Waals surface area contributed by atoms with Crippen LogP contribution in [0, 0.1) is 5.92 Å².